The summed E-state index contributed by atoms with van der Waals surface area (Å²) < 4.78 is 11.0. The molecule has 0 saturated heterocycles. The highest BCUT2D eigenvalue weighted by molar-refractivity contribution is 9.09. The fraction of sp³-hybridized carbons (Fsp3) is 0.625. The molecule has 2 rings (SSSR count). The Morgan fingerprint density at radius 1 is 1.05 bits per heavy atom. The minimum absolute atomic E-state index is 0.463. The summed E-state index contributed by atoms with van der Waals surface area (Å²) in [4.78, 5) is 0. The summed E-state index contributed by atoms with van der Waals surface area (Å²) in [5.74, 6) is 1.80. The molecule has 19 heavy (non-hydrogen) atoms. The van der Waals surface area contributed by atoms with E-state index in [2.05, 4.69) is 15.9 Å². The van der Waals surface area contributed by atoms with Crippen LogP contribution in [-0.2, 0) is 0 Å². The molecule has 0 heterocycles. The number of rotatable bonds is 6. The number of hydrogen-bond acceptors (Lipinski definition) is 2. The third-order valence-corrected chi connectivity index (χ3v) is 5.35. The first kappa shape index (κ1) is 14.7. The molecule has 3 heteroatoms. The van der Waals surface area contributed by atoms with Crippen molar-refractivity contribution in [2.45, 2.75) is 38.5 Å². The molecule has 1 aromatic carbocycles. The lowest BCUT2D eigenvalue weighted by molar-refractivity contribution is 0.163. The molecule has 0 bridgehead atoms. The van der Waals surface area contributed by atoms with E-state index in [0.717, 1.165) is 29.9 Å². The Kier molecular flexibility index (Phi) is 5.56. The molecule has 0 N–H and O–H groups in total. The summed E-state index contributed by atoms with van der Waals surface area (Å²) in [6, 6.07) is 7.83. The Bertz CT molecular complexity index is 369. The van der Waals surface area contributed by atoms with E-state index in [1.165, 1.54) is 32.1 Å². The SMILES string of the molecule is COc1ccc(OCCC2(CBr)CCCCC2)cc1. The number of halogens is 1. The Morgan fingerprint density at radius 2 is 1.68 bits per heavy atom. The Morgan fingerprint density at radius 3 is 2.26 bits per heavy atom. The van der Waals surface area contributed by atoms with Crippen LogP contribution < -0.4 is 9.47 Å². The van der Waals surface area contributed by atoms with Gasteiger partial charge in [-0.3, -0.25) is 0 Å². The maximum absolute atomic E-state index is 5.86. The van der Waals surface area contributed by atoms with E-state index in [9.17, 15) is 0 Å². The first-order valence-corrected chi connectivity index (χ1v) is 8.23. The number of hydrogen-bond donors (Lipinski definition) is 0. The van der Waals surface area contributed by atoms with Crippen LogP contribution in [0.1, 0.15) is 38.5 Å². The maximum atomic E-state index is 5.86. The predicted molar refractivity (Wildman–Crippen MR) is 82.4 cm³/mol. The van der Waals surface area contributed by atoms with Crippen LogP contribution in [0.2, 0.25) is 0 Å². The van der Waals surface area contributed by atoms with Gasteiger partial charge in [0.2, 0.25) is 0 Å². The second-order valence-corrected chi connectivity index (χ2v) is 6.03. The van der Waals surface area contributed by atoms with E-state index in [1.807, 2.05) is 24.3 Å². The lowest BCUT2D eigenvalue weighted by Crippen LogP contribution is -2.28. The van der Waals surface area contributed by atoms with Crippen molar-refractivity contribution in [1.29, 1.82) is 0 Å². The quantitative estimate of drug-likeness (QED) is 0.698. The van der Waals surface area contributed by atoms with Crippen molar-refractivity contribution in [2.75, 3.05) is 19.0 Å². The van der Waals surface area contributed by atoms with Crippen LogP contribution in [0.5, 0.6) is 11.5 Å². The number of benzene rings is 1. The van der Waals surface area contributed by atoms with Gasteiger partial charge in [-0.05, 0) is 48.9 Å². The van der Waals surface area contributed by atoms with Gasteiger partial charge in [0.05, 0.1) is 13.7 Å². The second kappa shape index (κ2) is 7.18. The lowest BCUT2D eigenvalue weighted by Gasteiger charge is -2.35. The van der Waals surface area contributed by atoms with E-state index in [-0.39, 0.29) is 0 Å². The maximum Gasteiger partial charge on any atom is 0.119 e. The summed E-state index contributed by atoms with van der Waals surface area (Å²) in [5.41, 5.74) is 0.463. The molecule has 0 aromatic heterocycles. The summed E-state index contributed by atoms with van der Waals surface area (Å²) in [6.45, 7) is 0.804. The van der Waals surface area contributed by atoms with E-state index in [0.29, 0.717) is 5.41 Å². The average molecular weight is 327 g/mol. The normalized spacial score (nSPS) is 18.0. The highest BCUT2D eigenvalue weighted by Gasteiger charge is 2.30. The molecule has 0 amide bonds. The minimum Gasteiger partial charge on any atom is -0.497 e. The summed E-state index contributed by atoms with van der Waals surface area (Å²) in [6.07, 6.45) is 7.95. The summed E-state index contributed by atoms with van der Waals surface area (Å²) in [7, 11) is 1.68. The highest BCUT2D eigenvalue weighted by atomic mass is 79.9. The largest absolute Gasteiger partial charge is 0.497 e. The van der Waals surface area contributed by atoms with Gasteiger partial charge in [-0.25, -0.2) is 0 Å². The third-order valence-electron chi connectivity index (χ3n) is 4.16. The van der Waals surface area contributed by atoms with Gasteiger partial charge in [-0.2, -0.15) is 0 Å². The van der Waals surface area contributed by atoms with Crippen molar-refractivity contribution >= 4 is 15.9 Å². The molecule has 0 atom stereocenters. The molecule has 0 spiro atoms. The zero-order valence-electron chi connectivity index (χ0n) is 11.7. The number of alkyl halides is 1. The van der Waals surface area contributed by atoms with Crippen LogP contribution in [0.3, 0.4) is 0 Å². The molecule has 0 aliphatic heterocycles. The molecule has 106 valence electrons. The van der Waals surface area contributed by atoms with Crippen LogP contribution in [-0.4, -0.2) is 19.0 Å². The summed E-state index contributed by atoms with van der Waals surface area (Å²) >= 11 is 3.70. The fourth-order valence-electron chi connectivity index (χ4n) is 2.81. The van der Waals surface area contributed by atoms with E-state index >= 15 is 0 Å². The van der Waals surface area contributed by atoms with Gasteiger partial charge in [-0.1, -0.05) is 35.2 Å². The second-order valence-electron chi connectivity index (χ2n) is 5.47. The molecule has 0 radical (unpaired) electrons. The van der Waals surface area contributed by atoms with E-state index < -0.39 is 0 Å². The Balaban J connectivity index is 1.81. The van der Waals surface area contributed by atoms with Crippen molar-refractivity contribution in [1.82, 2.24) is 0 Å². The average Bonchev–Trinajstić information content (AvgIpc) is 2.49. The molecule has 2 nitrogen and oxygen atoms in total. The lowest BCUT2D eigenvalue weighted by atomic mass is 9.74. The molecule has 1 aliphatic carbocycles. The number of methoxy groups -OCH3 is 1. The van der Waals surface area contributed by atoms with E-state index in [4.69, 9.17) is 9.47 Å². The van der Waals surface area contributed by atoms with Crippen LogP contribution in [0.15, 0.2) is 24.3 Å². The van der Waals surface area contributed by atoms with Crippen molar-refractivity contribution in [3.63, 3.8) is 0 Å². The van der Waals surface area contributed by atoms with Crippen LogP contribution in [0, 0.1) is 5.41 Å². The van der Waals surface area contributed by atoms with Gasteiger partial charge < -0.3 is 9.47 Å². The molecule has 0 unspecified atom stereocenters. The Hall–Kier alpha value is -0.700. The van der Waals surface area contributed by atoms with Crippen molar-refractivity contribution in [3.8, 4) is 11.5 Å². The first-order chi connectivity index (χ1) is 9.28. The van der Waals surface area contributed by atoms with Crippen molar-refractivity contribution < 1.29 is 9.47 Å². The monoisotopic (exact) mass is 326 g/mol. The molecular weight excluding hydrogens is 304 g/mol. The molecular formula is C16H23BrO2. The minimum atomic E-state index is 0.463. The highest BCUT2D eigenvalue weighted by Crippen LogP contribution is 2.40. The number of ether oxygens (including phenoxy) is 2. The molecule has 1 aromatic rings. The van der Waals surface area contributed by atoms with Crippen molar-refractivity contribution in [3.05, 3.63) is 24.3 Å². The molecule has 1 saturated carbocycles. The van der Waals surface area contributed by atoms with Gasteiger partial charge in [0.25, 0.3) is 0 Å². The molecule has 1 fully saturated rings. The zero-order valence-corrected chi connectivity index (χ0v) is 13.2. The van der Waals surface area contributed by atoms with Crippen LogP contribution in [0.25, 0.3) is 0 Å². The standard InChI is InChI=1S/C16H23BrO2/c1-18-14-5-7-15(8-6-14)19-12-11-16(13-17)9-3-2-4-10-16/h5-8H,2-4,9-13H2,1H3. The van der Waals surface area contributed by atoms with Gasteiger partial charge in [0.1, 0.15) is 11.5 Å². The van der Waals surface area contributed by atoms with Gasteiger partial charge in [0.15, 0.2) is 0 Å². The third kappa shape index (κ3) is 4.13. The smallest absolute Gasteiger partial charge is 0.119 e. The zero-order chi connectivity index (χ0) is 13.6. The van der Waals surface area contributed by atoms with Gasteiger partial charge in [-0.15, -0.1) is 0 Å². The summed E-state index contributed by atoms with van der Waals surface area (Å²) in [5, 5.41) is 1.10. The van der Waals surface area contributed by atoms with E-state index in [1.54, 1.807) is 7.11 Å². The fourth-order valence-corrected chi connectivity index (χ4v) is 3.65. The van der Waals surface area contributed by atoms with Crippen LogP contribution in [0.4, 0.5) is 0 Å². The predicted octanol–water partition coefficient (Wildman–Crippen LogP) is 4.81. The first-order valence-electron chi connectivity index (χ1n) is 7.11. The van der Waals surface area contributed by atoms with Crippen LogP contribution >= 0.6 is 15.9 Å². The Labute approximate surface area is 124 Å². The topological polar surface area (TPSA) is 18.5 Å². The van der Waals surface area contributed by atoms with Gasteiger partial charge in [0, 0.05) is 5.33 Å². The molecule has 1 aliphatic rings. The van der Waals surface area contributed by atoms with Gasteiger partial charge >= 0.3 is 0 Å². The van der Waals surface area contributed by atoms with Crippen molar-refractivity contribution in [2.24, 2.45) is 5.41 Å².